The molecule has 4 heterocycles. The molecule has 1 unspecified atom stereocenters. The summed E-state index contributed by atoms with van der Waals surface area (Å²) in [5, 5.41) is 3.22. The molecule has 4 aliphatic heterocycles. The number of sulfonamides is 1. The molecule has 3 aromatic rings. The van der Waals surface area contributed by atoms with Gasteiger partial charge in [0.15, 0.2) is 16.1 Å². The summed E-state index contributed by atoms with van der Waals surface area (Å²) >= 11 is 6.40. The lowest BCUT2D eigenvalue weighted by Gasteiger charge is -2.48. The fourth-order valence-electron chi connectivity index (χ4n) is 10.9. The molecule has 2 aliphatic carbocycles. The lowest BCUT2D eigenvalue weighted by Crippen LogP contribution is -2.62. The van der Waals surface area contributed by atoms with Crippen molar-refractivity contribution in [1.82, 2.24) is 19.8 Å². The van der Waals surface area contributed by atoms with Gasteiger partial charge in [-0.1, -0.05) is 48.9 Å². The summed E-state index contributed by atoms with van der Waals surface area (Å²) in [6.07, 6.45) is 9.70. The summed E-state index contributed by atoms with van der Waals surface area (Å²) < 4.78 is 65.9. The fraction of sp³-hybridized carbons (Fsp3) is 0.540. The van der Waals surface area contributed by atoms with Gasteiger partial charge in [0.2, 0.25) is 15.9 Å². The Morgan fingerprint density at radius 2 is 1.84 bits per heavy atom. The normalized spacial score (nSPS) is 30.0. The van der Waals surface area contributed by atoms with E-state index in [2.05, 4.69) is 32.0 Å². The Bertz CT molecular complexity index is 2560. The Hall–Kier alpha value is -4.32. The van der Waals surface area contributed by atoms with Crippen molar-refractivity contribution in [1.29, 1.82) is 0 Å². The number of carbonyl (C=O) groups excluding carboxylic acids is 3. The van der Waals surface area contributed by atoms with Crippen LogP contribution in [-0.4, -0.2) is 133 Å². The van der Waals surface area contributed by atoms with Gasteiger partial charge in [0.25, 0.3) is 5.91 Å². The van der Waals surface area contributed by atoms with Gasteiger partial charge < -0.3 is 24.6 Å². The molecule has 3 fully saturated rings. The SMILES string of the molecule is CO[C@@]1(C=O)/C=C/C[C@H](C)[C@@H](C)S(=O)(=O)NC(=O)c2ccc3c(c2)N(C[C@@H]2CC[C@H]21)C[C@@]1(CCCc2cc(Cl)ccc21)CO3.O=C(CCS(=O)(=O)c1ccccc1)N1CCN2CCNCC2C1. The van der Waals surface area contributed by atoms with Crippen molar-refractivity contribution in [3.8, 4) is 5.75 Å². The van der Waals surface area contributed by atoms with Crippen LogP contribution in [0.5, 0.6) is 5.75 Å². The quantitative estimate of drug-likeness (QED) is 0.238. The van der Waals surface area contributed by atoms with Crippen LogP contribution in [0.25, 0.3) is 0 Å². The molecule has 17 heteroatoms. The molecule has 3 aromatic carbocycles. The average molecular weight is 979 g/mol. The molecule has 2 amide bonds. The molecule has 2 N–H and O–H groups in total. The van der Waals surface area contributed by atoms with E-state index in [0.29, 0.717) is 56.0 Å². The highest BCUT2D eigenvalue weighted by Gasteiger charge is 2.49. The van der Waals surface area contributed by atoms with Crippen molar-refractivity contribution < 1.29 is 40.7 Å². The maximum absolute atomic E-state index is 13.4. The number of nitrogens with one attached hydrogen (secondary N) is 2. The number of sulfone groups is 1. The number of methoxy groups -OCH3 is 1. The van der Waals surface area contributed by atoms with Crippen molar-refractivity contribution in [2.24, 2.45) is 17.8 Å². The molecule has 2 bridgehead atoms. The first-order valence-corrected chi connectivity index (χ1v) is 27.2. The van der Waals surface area contributed by atoms with Gasteiger partial charge in [-0.3, -0.25) is 19.3 Å². The minimum Gasteiger partial charge on any atom is -0.490 e. The summed E-state index contributed by atoms with van der Waals surface area (Å²) in [6, 6.07) is 20.0. The number of piperazine rings is 2. The Balaban J connectivity index is 0.000000222. The van der Waals surface area contributed by atoms with Crippen LogP contribution in [0.3, 0.4) is 0 Å². The third-order valence-corrected chi connectivity index (χ3v) is 19.2. The number of nitrogens with zero attached hydrogens (tertiary/aromatic N) is 3. The first-order chi connectivity index (χ1) is 32.1. The Morgan fingerprint density at radius 3 is 2.58 bits per heavy atom. The van der Waals surface area contributed by atoms with E-state index in [4.69, 9.17) is 21.1 Å². The van der Waals surface area contributed by atoms with Crippen LogP contribution in [0, 0.1) is 17.8 Å². The number of anilines is 1. The summed E-state index contributed by atoms with van der Waals surface area (Å²) in [4.78, 5) is 45.3. The zero-order chi connectivity index (χ0) is 47.6. The highest BCUT2D eigenvalue weighted by atomic mass is 35.5. The summed E-state index contributed by atoms with van der Waals surface area (Å²) in [6.45, 7) is 10.4. The maximum Gasteiger partial charge on any atom is 0.264 e. The second kappa shape index (κ2) is 20.3. The van der Waals surface area contributed by atoms with E-state index in [1.807, 2.05) is 30.0 Å². The molecule has 9 rings (SSSR count). The first-order valence-electron chi connectivity index (χ1n) is 23.6. The van der Waals surface area contributed by atoms with E-state index in [-0.39, 0.29) is 51.7 Å². The molecular weight excluding hydrogens is 914 g/mol. The van der Waals surface area contributed by atoms with Crippen molar-refractivity contribution >= 4 is 55.2 Å². The number of halogens is 1. The van der Waals surface area contributed by atoms with Gasteiger partial charge in [-0.15, -0.1) is 0 Å². The van der Waals surface area contributed by atoms with Gasteiger partial charge in [-0.25, -0.2) is 21.6 Å². The number of amides is 2. The van der Waals surface area contributed by atoms with Gasteiger partial charge in [0.1, 0.15) is 11.4 Å². The number of benzene rings is 3. The average Bonchev–Trinajstić information content (AvgIpc) is 3.47. The molecular formula is C50H64ClN5O9S2. The molecule has 1 saturated carbocycles. The predicted molar refractivity (Wildman–Crippen MR) is 259 cm³/mol. The molecule has 2 saturated heterocycles. The zero-order valence-corrected chi connectivity index (χ0v) is 41.1. The summed E-state index contributed by atoms with van der Waals surface area (Å²) in [5.74, 6) is -0.389. The molecule has 0 aromatic heterocycles. The van der Waals surface area contributed by atoms with Crippen LogP contribution >= 0.6 is 11.6 Å². The maximum atomic E-state index is 13.4. The second-order valence-corrected chi connectivity index (χ2v) is 23.9. The van der Waals surface area contributed by atoms with E-state index < -0.39 is 36.6 Å². The third-order valence-electron chi connectivity index (χ3n) is 15.3. The molecule has 14 nitrogen and oxygen atoms in total. The summed E-state index contributed by atoms with van der Waals surface area (Å²) in [7, 11) is -5.79. The van der Waals surface area contributed by atoms with Gasteiger partial charge in [0, 0.05) is 93.8 Å². The van der Waals surface area contributed by atoms with Gasteiger partial charge >= 0.3 is 0 Å². The van der Waals surface area contributed by atoms with E-state index in [0.717, 1.165) is 70.3 Å². The minimum atomic E-state index is -3.97. The van der Waals surface area contributed by atoms with Gasteiger partial charge in [0.05, 0.1) is 28.2 Å². The van der Waals surface area contributed by atoms with Gasteiger partial charge in [-0.05, 0) is 117 Å². The van der Waals surface area contributed by atoms with Crippen molar-refractivity contribution in [3.05, 3.63) is 101 Å². The Morgan fingerprint density at radius 1 is 1.03 bits per heavy atom. The smallest absolute Gasteiger partial charge is 0.264 e. The Labute approximate surface area is 400 Å². The number of allylic oxidation sites excluding steroid dienone is 1. The number of hydrogen-bond donors (Lipinski definition) is 2. The lowest BCUT2D eigenvalue weighted by molar-refractivity contribution is -0.136. The first kappa shape index (κ1) is 49.1. The number of ether oxygens (including phenoxy) is 2. The highest BCUT2D eigenvalue weighted by Crippen LogP contribution is 2.48. The number of hydrogen-bond acceptors (Lipinski definition) is 12. The fourth-order valence-corrected chi connectivity index (χ4v) is 13.6. The zero-order valence-electron chi connectivity index (χ0n) is 38.7. The number of rotatable bonds is 6. The van der Waals surface area contributed by atoms with E-state index in [1.165, 1.54) is 11.1 Å². The predicted octanol–water partition coefficient (Wildman–Crippen LogP) is 5.43. The molecule has 362 valence electrons. The molecule has 1 spiro atoms. The molecule has 7 atom stereocenters. The van der Waals surface area contributed by atoms with Crippen LogP contribution in [0.15, 0.2) is 83.8 Å². The van der Waals surface area contributed by atoms with Crippen LogP contribution in [-0.2, 0) is 46.0 Å². The lowest BCUT2D eigenvalue weighted by atomic mass is 9.64. The highest BCUT2D eigenvalue weighted by molar-refractivity contribution is 7.91. The third kappa shape index (κ3) is 10.5. The standard InChI is InChI=1S/C34H41ClN2O6S.C16H23N3O3S/c1-22-6-4-15-34(20-38,42-3)29-11-8-26(29)18-37-19-33(14-5-7-24-16-27(35)10-12-28(24)33)21-43-31-13-9-25(17-30(31)37)32(39)36-44(40,41)23(22)2;20-16(6-11-23(21,22)15-4-2-1-3-5-15)19-10-9-18-8-7-17-12-14(18)13-19/h4,9-10,12-13,15-17,20,22-23,26,29H,5-8,11,14,18-19,21H2,1-3H3,(H,36,39);1-5,14,17H,6-13H2/b15-4+;/t22-,23+,26-,29+,33-,34+;/m0./s1. The number of carbonyl (C=O) groups is 3. The van der Waals surface area contributed by atoms with Crippen LogP contribution < -0.4 is 19.7 Å². The van der Waals surface area contributed by atoms with Crippen molar-refractivity contribution in [2.75, 3.05) is 76.7 Å². The van der Waals surface area contributed by atoms with E-state index >= 15 is 0 Å². The van der Waals surface area contributed by atoms with E-state index in [9.17, 15) is 31.2 Å². The summed E-state index contributed by atoms with van der Waals surface area (Å²) in [5.41, 5.74) is 2.05. The number of aldehydes is 1. The van der Waals surface area contributed by atoms with E-state index in [1.54, 1.807) is 62.6 Å². The minimum absolute atomic E-state index is 0.0434. The molecule has 0 radical (unpaired) electrons. The monoisotopic (exact) mass is 977 g/mol. The van der Waals surface area contributed by atoms with Crippen molar-refractivity contribution in [3.63, 3.8) is 0 Å². The molecule has 6 aliphatic rings. The second-order valence-electron chi connectivity index (χ2n) is 19.3. The van der Waals surface area contributed by atoms with Crippen LogP contribution in [0.2, 0.25) is 5.02 Å². The Kier molecular flexibility index (Phi) is 14.9. The van der Waals surface area contributed by atoms with Crippen LogP contribution in [0.4, 0.5) is 5.69 Å². The van der Waals surface area contributed by atoms with Crippen LogP contribution in [0.1, 0.15) is 73.9 Å². The van der Waals surface area contributed by atoms with Gasteiger partial charge in [-0.2, -0.15) is 0 Å². The number of fused-ring (bicyclic) bond motifs is 5. The molecule has 67 heavy (non-hydrogen) atoms. The topological polar surface area (TPSA) is 172 Å². The largest absolute Gasteiger partial charge is 0.490 e. The van der Waals surface area contributed by atoms with Crippen molar-refractivity contribution in [2.45, 2.75) is 86.0 Å². The number of aryl methyl sites for hydroxylation is 1.